The van der Waals surface area contributed by atoms with Crippen molar-refractivity contribution in [2.24, 2.45) is 5.92 Å². The third-order valence-electron chi connectivity index (χ3n) is 5.11. The molecule has 1 N–H and O–H groups in total. The normalized spacial score (nSPS) is 16.8. The standard InChI is InChI=1S/C20H28N2O4/c1-13(2)17(22-7-9-25-10-8-22)12-21-20(23)19-14(3)16-11-15(24-4)5-6-18(16)26-19/h5-6,11,13,17H,7-10,12H2,1-4H3,(H,21,23). The number of amides is 1. The number of nitrogens with one attached hydrogen (secondary N) is 1. The van der Waals surface area contributed by atoms with Crippen molar-refractivity contribution in [1.82, 2.24) is 10.2 Å². The van der Waals surface area contributed by atoms with Gasteiger partial charge >= 0.3 is 0 Å². The van der Waals surface area contributed by atoms with E-state index in [1.165, 1.54) is 0 Å². The molecule has 142 valence electrons. The molecule has 2 heterocycles. The maximum Gasteiger partial charge on any atom is 0.287 e. The molecule has 1 unspecified atom stereocenters. The predicted octanol–water partition coefficient (Wildman–Crippen LogP) is 2.84. The molecule has 1 aromatic carbocycles. The number of aryl methyl sites for hydroxylation is 1. The second kappa shape index (κ2) is 8.10. The zero-order valence-electron chi connectivity index (χ0n) is 16.0. The van der Waals surface area contributed by atoms with Crippen molar-refractivity contribution in [3.63, 3.8) is 0 Å². The lowest BCUT2D eigenvalue weighted by Gasteiger charge is -2.36. The molecule has 0 saturated carbocycles. The quantitative estimate of drug-likeness (QED) is 0.858. The molecule has 0 bridgehead atoms. The van der Waals surface area contributed by atoms with E-state index < -0.39 is 0 Å². The molecule has 1 aliphatic rings. The van der Waals surface area contributed by atoms with Crippen LogP contribution in [-0.4, -0.2) is 56.8 Å². The highest BCUT2D eigenvalue weighted by molar-refractivity contribution is 5.99. The fourth-order valence-electron chi connectivity index (χ4n) is 3.52. The van der Waals surface area contributed by atoms with Crippen molar-refractivity contribution in [2.45, 2.75) is 26.8 Å². The van der Waals surface area contributed by atoms with Crippen LogP contribution in [0.25, 0.3) is 11.0 Å². The minimum absolute atomic E-state index is 0.170. The van der Waals surface area contributed by atoms with Crippen LogP contribution in [0.3, 0.4) is 0 Å². The molecule has 2 aromatic rings. The number of rotatable bonds is 6. The summed E-state index contributed by atoms with van der Waals surface area (Å²) in [6.45, 7) is 10.2. The molecule has 1 aliphatic heterocycles. The molecule has 1 saturated heterocycles. The maximum atomic E-state index is 12.7. The highest BCUT2D eigenvalue weighted by atomic mass is 16.5. The lowest BCUT2D eigenvalue weighted by molar-refractivity contribution is 0.00666. The van der Waals surface area contributed by atoms with Gasteiger partial charge in [-0.3, -0.25) is 9.69 Å². The van der Waals surface area contributed by atoms with Gasteiger partial charge in [0, 0.05) is 36.6 Å². The first-order valence-electron chi connectivity index (χ1n) is 9.18. The molecule has 0 aliphatic carbocycles. The number of fused-ring (bicyclic) bond motifs is 1. The summed E-state index contributed by atoms with van der Waals surface area (Å²) < 4.78 is 16.5. The van der Waals surface area contributed by atoms with Crippen LogP contribution < -0.4 is 10.1 Å². The Kier molecular flexibility index (Phi) is 5.84. The van der Waals surface area contributed by atoms with Gasteiger partial charge in [-0.1, -0.05) is 13.8 Å². The Balaban J connectivity index is 1.72. The van der Waals surface area contributed by atoms with Crippen LogP contribution in [-0.2, 0) is 4.74 Å². The van der Waals surface area contributed by atoms with Gasteiger partial charge in [-0.25, -0.2) is 0 Å². The second-order valence-corrected chi connectivity index (χ2v) is 7.09. The highest BCUT2D eigenvalue weighted by Crippen LogP contribution is 2.28. The summed E-state index contributed by atoms with van der Waals surface area (Å²) in [4.78, 5) is 15.1. The van der Waals surface area contributed by atoms with E-state index in [2.05, 4.69) is 24.1 Å². The van der Waals surface area contributed by atoms with E-state index in [4.69, 9.17) is 13.9 Å². The van der Waals surface area contributed by atoms with Crippen molar-refractivity contribution in [1.29, 1.82) is 0 Å². The third-order valence-corrected chi connectivity index (χ3v) is 5.11. The van der Waals surface area contributed by atoms with Crippen LogP contribution in [0.5, 0.6) is 5.75 Å². The van der Waals surface area contributed by atoms with E-state index in [1.807, 2.05) is 25.1 Å². The van der Waals surface area contributed by atoms with Crippen LogP contribution >= 0.6 is 0 Å². The average Bonchev–Trinajstić information content (AvgIpc) is 2.98. The number of furan rings is 1. The largest absolute Gasteiger partial charge is 0.497 e. The van der Waals surface area contributed by atoms with Gasteiger partial charge in [0.1, 0.15) is 11.3 Å². The van der Waals surface area contributed by atoms with E-state index in [0.717, 1.165) is 43.0 Å². The van der Waals surface area contributed by atoms with Crippen molar-refractivity contribution in [2.75, 3.05) is 40.0 Å². The Hall–Kier alpha value is -2.05. The van der Waals surface area contributed by atoms with Gasteiger partial charge in [-0.15, -0.1) is 0 Å². The molecular weight excluding hydrogens is 332 g/mol. The topological polar surface area (TPSA) is 63.9 Å². The van der Waals surface area contributed by atoms with Crippen molar-refractivity contribution >= 4 is 16.9 Å². The molecule has 26 heavy (non-hydrogen) atoms. The molecule has 6 nitrogen and oxygen atoms in total. The number of hydrogen-bond acceptors (Lipinski definition) is 5. The fourth-order valence-corrected chi connectivity index (χ4v) is 3.52. The average molecular weight is 360 g/mol. The molecule has 1 amide bonds. The monoisotopic (exact) mass is 360 g/mol. The van der Waals surface area contributed by atoms with E-state index in [-0.39, 0.29) is 11.9 Å². The number of carbonyl (C=O) groups is 1. The molecule has 1 atom stereocenters. The molecule has 3 rings (SSSR count). The Morgan fingerprint density at radius 1 is 1.31 bits per heavy atom. The van der Waals surface area contributed by atoms with Gasteiger partial charge in [0.25, 0.3) is 5.91 Å². The summed E-state index contributed by atoms with van der Waals surface area (Å²) in [5.41, 5.74) is 1.53. The van der Waals surface area contributed by atoms with Gasteiger partial charge in [-0.05, 0) is 31.0 Å². The van der Waals surface area contributed by atoms with Crippen molar-refractivity contribution in [3.8, 4) is 5.75 Å². The number of ether oxygens (including phenoxy) is 2. The Morgan fingerprint density at radius 3 is 2.69 bits per heavy atom. The minimum Gasteiger partial charge on any atom is -0.497 e. The van der Waals surface area contributed by atoms with Gasteiger partial charge in [0.2, 0.25) is 0 Å². The highest BCUT2D eigenvalue weighted by Gasteiger charge is 2.25. The predicted molar refractivity (Wildman–Crippen MR) is 101 cm³/mol. The van der Waals surface area contributed by atoms with E-state index >= 15 is 0 Å². The van der Waals surface area contributed by atoms with Crippen molar-refractivity contribution in [3.05, 3.63) is 29.5 Å². The third kappa shape index (κ3) is 3.86. The fraction of sp³-hybridized carbons (Fsp3) is 0.550. The van der Waals surface area contributed by atoms with Gasteiger partial charge in [-0.2, -0.15) is 0 Å². The minimum atomic E-state index is -0.170. The first kappa shape index (κ1) is 18.7. The number of methoxy groups -OCH3 is 1. The summed E-state index contributed by atoms with van der Waals surface area (Å²) in [5.74, 6) is 1.39. The molecule has 0 spiro atoms. The summed E-state index contributed by atoms with van der Waals surface area (Å²) in [6, 6.07) is 5.85. The SMILES string of the molecule is COc1ccc2oc(C(=O)NCC(C(C)C)N3CCOCC3)c(C)c2c1. The molecule has 1 fully saturated rings. The lowest BCUT2D eigenvalue weighted by atomic mass is 10.0. The molecule has 6 heteroatoms. The lowest BCUT2D eigenvalue weighted by Crippen LogP contribution is -2.51. The van der Waals surface area contributed by atoms with Gasteiger partial charge in [0.15, 0.2) is 5.76 Å². The Bertz CT molecular complexity index is 763. The zero-order valence-corrected chi connectivity index (χ0v) is 16.0. The summed E-state index contributed by atoms with van der Waals surface area (Å²) in [7, 11) is 1.63. The van der Waals surface area contributed by atoms with Crippen LogP contribution in [0.1, 0.15) is 30.0 Å². The first-order chi connectivity index (χ1) is 12.5. The number of carbonyl (C=O) groups excluding carboxylic acids is 1. The zero-order chi connectivity index (χ0) is 18.7. The van der Waals surface area contributed by atoms with E-state index in [9.17, 15) is 4.79 Å². The summed E-state index contributed by atoms with van der Waals surface area (Å²) in [6.07, 6.45) is 0. The number of hydrogen-bond donors (Lipinski definition) is 1. The second-order valence-electron chi connectivity index (χ2n) is 7.09. The van der Waals surface area contributed by atoms with Crippen molar-refractivity contribution < 1.29 is 18.7 Å². The van der Waals surface area contributed by atoms with Crippen LogP contribution in [0.4, 0.5) is 0 Å². The molecule has 0 radical (unpaired) electrons. The summed E-state index contributed by atoms with van der Waals surface area (Å²) in [5, 5.41) is 3.97. The van der Waals surface area contributed by atoms with Crippen LogP contribution in [0, 0.1) is 12.8 Å². The molecular formula is C20H28N2O4. The van der Waals surface area contributed by atoms with Gasteiger partial charge in [0.05, 0.1) is 20.3 Å². The smallest absolute Gasteiger partial charge is 0.287 e. The Morgan fingerprint density at radius 2 is 2.04 bits per heavy atom. The van der Waals surface area contributed by atoms with E-state index in [0.29, 0.717) is 23.8 Å². The number of benzene rings is 1. The van der Waals surface area contributed by atoms with Crippen LogP contribution in [0.15, 0.2) is 22.6 Å². The number of morpholine rings is 1. The number of nitrogens with zero attached hydrogens (tertiary/aromatic N) is 1. The maximum absolute atomic E-state index is 12.7. The first-order valence-corrected chi connectivity index (χ1v) is 9.18. The summed E-state index contributed by atoms with van der Waals surface area (Å²) >= 11 is 0. The van der Waals surface area contributed by atoms with Crippen LogP contribution in [0.2, 0.25) is 0 Å². The van der Waals surface area contributed by atoms with E-state index in [1.54, 1.807) is 7.11 Å². The Labute approximate surface area is 154 Å². The molecule has 1 aromatic heterocycles. The van der Waals surface area contributed by atoms with Gasteiger partial charge < -0.3 is 19.2 Å².